The zero-order valence-electron chi connectivity index (χ0n) is 17.7. The van der Waals surface area contributed by atoms with E-state index in [-0.39, 0.29) is 0 Å². The molecule has 0 saturated heterocycles. The molecule has 9 heteroatoms. The molecule has 0 atom stereocenters. The van der Waals surface area contributed by atoms with Crippen LogP contribution in [0.4, 0.5) is 0 Å². The topological polar surface area (TPSA) is 116 Å². The van der Waals surface area contributed by atoms with Gasteiger partial charge in [0.25, 0.3) is 5.91 Å². The molecular formula is C22H26N2O7. The quantitative estimate of drug-likeness (QED) is 0.393. The van der Waals surface area contributed by atoms with Crippen LogP contribution in [-0.4, -0.2) is 49.6 Å². The predicted octanol–water partition coefficient (Wildman–Crippen LogP) is 3.11. The summed E-state index contributed by atoms with van der Waals surface area (Å²) >= 11 is 0. The van der Waals surface area contributed by atoms with E-state index >= 15 is 0 Å². The van der Waals surface area contributed by atoms with Gasteiger partial charge < -0.3 is 24.1 Å². The predicted molar refractivity (Wildman–Crippen MR) is 115 cm³/mol. The molecule has 9 nitrogen and oxygen atoms in total. The molecule has 0 spiro atoms. The molecule has 2 aromatic rings. The van der Waals surface area contributed by atoms with Gasteiger partial charge in [-0.2, -0.15) is 5.10 Å². The summed E-state index contributed by atoms with van der Waals surface area (Å²) in [5.74, 6) is 0.247. The zero-order chi connectivity index (χ0) is 22.6. The number of benzene rings is 2. The highest BCUT2D eigenvalue weighted by molar-refractivity contribution is 5.95. The molecule has 0 radical (unpaired) electrons. The van der Waals surface area contributed by atoms with Crippen LogP contribution in [0.2, 0.25) is 0 Å². The summed E-state index contributed by atoms with van der Waals surface area (Å²) in [5, 5.41) is 12.7. The lowest BCUT2D eigenvalue weighted by Gasteiger charge is -2.12. The maximum atomic E-state index is 12.4. The van der Waals surface area contributed by atoms with Crippen LogP contribution in [0, 0.1) is 0 Å². The molecule has 0 aromatic heterocycles. The molecule has 0 aliphatic rings. The summed E-state index contributed by atoms with van der Waals surface area (Å²) in [6, 6.07) is 9.79. The number of carboxylic acid groups (broad SMARTS) is 1. The van der Waals surface area contributed by atoms with Crippen molar-refractivity contribution in [2.75, 3.05) is 26.4 Å². The Morgan fingerprint density at radius 1 is 0.871 bits per heavy atom. The van der Waals surface area contributed by atoms with Crippen LogP contribution >= 0.6 is 0 Å². The fourth-order valence-corrected chi connectivity index (χ4v) is 2.55. The molecule has 0 bridgehead atoms. The second-order valence-corrected chi connectivity index (χ2v) is 6.05. The first-order valence-corrected chi connectivity index (χ1v) is 9.82. The number of hydrogen-bond donors (Lipinski definition) is 2. The molecule has 0 heterocycles. The summed E-state index contributed by atoms with van der Waals surface area (Å²) in [5.41, 5.74) is 3.46. The van der Waals surface area contributed by atoms with Gasteiger partial charge >= 0.3 is 5.97 Å². The van der Waals surface area contributed by atoms with Crippen LogP contribution in [0.15, 0.2) is 41.5 Å². The lowest BCUT2D eigenvalue weighted by atomic mass is 10.2. The Kier molecular flexibility index (Phi) is 9.15. The molecule has 0 aliphatic heterocycles. The van der Waals surface area contributed by atoms with E-state index in [1.165, 1.54) is 6.21 Å². The van der Waals surface area contributed by atoms with Crippen molar-refractivity contribution in [3.63, 3.8) is 0 Å². The second-order valence-electron chi connectivity index (χ2n) is 6.05. The van der Waals surface area contributed by atoms with E-state index < -0.39 is 18.5 Å². The van der Waals surface area contributed by atoms with Crippen molar-refractivity contribution in [2.45, 2.75) is 20.8 Å². The molecule has 0 fully saturated rings. The zero-order valence-corrected chi connectivity index (χ0v) is 17.7. The highest BCUT2D eigenvalue weighted by Gasteiger charge is 2.11. The number of amides is 1. The minimum Gasteiger partial charge on any atom is -0.490 e. The summed E-state index contributed by atoms with van der Waals surface area (Å²) in [4.78, 5) is 23.1. The van der Waals surface area contributed by atoms with E-state index in [0.717, 1.165) is 0 Å². The third-order valence-electron chi connectivity index (χ3n) is 3.80. The lowest BCUT2D eigenvalue weighted by Crippen LogP contribution is -2.17. The second kappa shape index (κ2) is 12.1. The van der Waals surface area contributed by atoms with Crippen molar-refractivity contribution in [1.82, 2.24) is 5.43 Å². The van der Waals surface area contributed by atoms with Gasteiger partial charge in [0.2, 0.25) is 0 Å². The Balaban J connectivity index is 2.08. The fourth-order valence-electron chi connectivity index (χ4n) is 2.55. The number of ether oxygens (including phenoxy) is 4. The van der Waals surface area contributed by atoms with Crippen LogP contribution in [-0.2, 0) is 4.79 Å². The van der Waals surface area contributed by atoms with Gasteiger partial charge in [-0.1, -0.05) is 0 Å². The Morgan fingerprint density at radius 2 is 1.45 bits per heavy atom. The first kappa shape index (κ1) is 23.5. The largest absolute Gasteiger partial charge is 0.490 e. The molecule has 166 valence electrons. The molecular weight excluding hydrogens is 404 g/mol. The van der Waals surface area contributed by atoms with Crippen molar-refractivity contribution in [3.05, 3.63) is 47.5 Å². The molecule has 2 aromatic carbocycles. The molecule has 0 unspecified atom stereocenters. The third-order valence-corrected chi connectivity index (χ3v) is 3.80. The van der Waals surface area contributed by atoms with Gasteiger partial charge in [0.15, 0.2) is 29.6 Å². The first-order chi connectivity index (χ1) is 15.0. The SMILES string of the molecule is CCOc1ccc(C(=O)N/N=C/c2ccc(OCC(=O)O)c(OCC)c2)cc1OCC. The van der Waals surface area contributed by atoms with Gasteiger partial charge in [0, 0.05) is 5.56 Å². The number of carbonyl (C=O) groups excluding carboxylic acids is 1. The number of nitrogens with one attached hydrogen (secondary N) is 1. The van der Waals surface area contributed by atoms with E-state index in [4.69, 9.17) is 24.1 Å². The Labute approximate surface area is 180 Å². The van der Waals surface area contributed by atoms with E-state index in [2.05, 4.69) is 10.5 Å². The maximum Gasteiger partial charge on any atom is 0.341 e. The van der Waals surface area contributed by atoms with Crippen molar-refractivity contribution in [1.29, 1.82) is 0 Å². The minimum atomic E-state index is -1.09. The smallest absolute Gasteiger partial charge is 0.341 e. The minimum absolute atomic E-state index is 0.309. The van der Waals surface area contributed by atoms with Gasteiger partial charge in [0.1, 0.15) is 0 Å². The number of aliphatic carboxylic acids is 1. The van der Waals surface area contributed by atoms with Crippen molar-refractivity contribution < 1.29 is 33.6 Å². The van der Waals surface area contributed by atoms with Gasteiger partial charge in [-0.15, -0.1) is 0 Å². The van der Waals surface area contributed by atoms with Gasteiger partial charge in [-0.05, 0) is 62.7 Å². The third kappa shape index (κ3) is 7.22. The van der Waals surface area contributed by atoms with Crippen molar-refractivity contribution in [3.8, 4) is 23.0 Å². The highest BCUT2D eigenvalue weighted by atomic mass is 16.5. The number of hydrazone groups is 1. The number of rotatable bonds is 12. The number of nitrogens with zero attached hydrogens (tertiary/aromatic N) is 1. The normalized spacial score (nSPS) is 10.5. The molecule has 31 heavy (non-hydrogen) atoms. The van der Waals surface area contributed by atoms with Gasteiger partial charge in [0.05, 0.1) is 26.0 Å². The summed E-state index contributed by atoms with van der Waals surface area (Å²) in [6.45, 7) is 6.34. The van der Waals surface area contributed by atoms with E-state index in [9.17, 15) is 9.59 Å². The van der Waals surface area contributed by atoms with Crippen molar-refractivity contribution in [2.24, 2.45) is 5.10 Å². The van der Waals surface area contributed by atoms with Crippen LogP contribution < -0.4 is 24.4 Å². The molecule has 1 amide bonds. The summed E-state index contributed by atoms with van der Waals surface area (Å²) in [6.07, 6.45) is 1.44. The Hall–Kier alpha value is -3.75. The Bertz CT molecular complexity index is 928. The fraction of sp³-hybridized carbons (Fsp3) is 0.318. The monoisotopic (exact) mass is 430 g/mol. The average Bonchev–Trinajstić information content (AvgIpc) is 2.74. The van der Waals surface area contributed by atoms with Crippen molar-refractivity contribution >= 4 is 18.1 Å². The van der Waals surface area contributed by atoms with Crippen LogP contribution in [0.25, 0.3) is 0 Å². The molecule has 0 saturated carbocycles. The standard InChI is InChI=1S/C22H26N2O7/c1-4-28-17-10-8-16(12-20(17)30-6-3)22(27)24-23-13-15-7-9-18(31-14-21(25)26)19(11-15)29-5-2/h7-13H,4-6,14H2,1-3H3,(H,24,27)(H,25,26)/b23-13+. The van der Waals surface area contributed by atoms with Gasteiger partial charge in [-0.3, -0.25) is 4.79 Å². The summed E-state index contributed by atoms with van der Waals surface area (Å²) < 4.78 is 21.7. The first-order valence-electron chi connectivity index (χ1n) is 9.82. The molecule has 0 aliphatic carbocycles. The molecule has 2 rings (SSSR count). The highest BCUT2D eigenvalue weighted by Crippen LogP contribution is 2.29. The number of carbonyl (C=O) groups is 2. The van der Waals surface area contributed by atoms with Crippen LogP contribution in [0.1, 0.15) is 36.7 Å². The lowest BCUT2D eigenvalue weighted by molar-refractivity contribution is -0.139. The average molecular weight is 430 g/mol. The van der Waals surface area contributed by atoms with E-state index in [0.29, 0.717) is 53.9 Å². The Morgan fingerprint density at radius 3 is 2.10 bits per heavy atom. The van der Waals surface area contributed by atoms with E-state index in [1.807, 2.05) is 13.8 Å². The van der Waals surface area contributed by atoms with Crippen LogP contribution in [0.3, 0.4) is 0 Å². The maximum absolute atomic E-state index is 12.4. The molecule has 2 N–H and O–H groups in total. The number of hydrogen-bond acceptors (Lipinski definition) is 7. The van der Waals surface area contributed by atoms with Gasteiger partial charge in [-0.25, -0.2) is 10.2 Å². The van der Waals surface area contributed by atoms with E-state index in [1.54, 1.807) is 43.3 Å². The summed E-state index contributed by atoms with van der Waals surface area (Å²) in [7, 11) is 0. The number of carboxylic acids is 1. The van der Waals surface area contributed by atoms with Crippen LogP contribution in [0.5, 0.6) is 23.0 Å².